The molecular formula is C20H22FN5O3. The fourth-order valence-corrected chi connectivity index (χ4v) is 3.61. The number of halogens is 1. The van der Waals surface area contributed by atoms with Crippen molar-refractivity contribution in [2.45, 2.75) is 18.9 Å². The standard InChI is InChI=1S/C20H22FN5O3/c21-15-4-6-16(7-5-15)26-12-11-25(20(26)28)14-18(27)24-10-1-3-17(13-24)29-19-22-8-2-9-23-19/h2,4-9,17H,1,3,10-14H2. The highest BCUT2D eigenvalue weighted by Gasteiger charge is 2.33. The topological polar surface area (TPSA) is 78.9 Å². The number of ether oxygens (including phenoxy) is 1. The molecule has 1 aromatic heterocycles. The van der Waals surface area contributed by atoms with Crippen molar-refractivity contribution >= 4 is 17.6 Å². The SMILES string of the molecule is O=C(CN1CCN(c2ccc(F)cc2)C1=O)N1CCCC(Oc2ncccn2)C1. The van der Waals surface area contributed by atoms with Crippen LogP contribution in [-0.4, -0.2) is 70.5 Å². The number of anilines is 1. The number of hydrogen-bond donors (Lipinski definition) is 0. The summed E-state index contributed by atoms with van der Waals surface area (Å²) in [6.45, 7) is 2.02. The van der Waals surface area contributed by atoms with E-state index in [1.54, 1.807) is 40.4 Å². The molecule has 2 aliphatic heterocycles. The van der Waals surface area contributed by atoms with Crippen LogP contribution >= 0.6 is 0 Å². The lowest BCUT2D eigenvalue weighted by molar-refractivity contribution is -0.134. The monoisotopic (exact) mass is 399 g/mol. The summed E-state index contributed by atoms with van der Waals surface area (Å²) < 4.78 is 18.9. The van der Waals surface area contributed by atoms with E-state index >= 15 is 0 Å². The van der Waals surface area contributed by atoms with Crippen molar-refractivity contribution in [2.24, 2.45) is 0 Å². The summed E-state index contributed by atoms with van der Waals surface area (Å²) in [5, 5.41) is 0. The van der Waals surface area contributed by atoms with Gasteiger partial charge in [0.2, 0.25) is 5.91 Å². The molecule has 1 unspecified atom stereocenters. The number of aromatic nitrogens is 2. The van der Waals surface area contributed by atoms with E-state index in [-0.39, 0.29) is 30.4 Å². The minimum atomic E-state index is -0.352. The highest BCUT2D eigenvalue weighted by Crippen LogP contribution is 2.21. The van der Waals surface area contributed by atoms with Crippen molar-refractivity contribution in [1.29, 1.82) is 0 Å². The van der Waals surface area contributed by atoms with Crippen LogP contribution in [-0.2, 0) is 4.79 Å². The van der Waals surface area contributed by atoms with Gasteiger partial charge in [-0.3, -0.25) is 9.69 Å². The lowest BCUT2D eigenvalue weighted by Gasteiger charge is -2.33. The zero-order valence-corrected chi connectivity index (χ0v) is 15.9. The summed E-state index contributed by atoms with van der Waals surface area (Å²) in [7, 11) is 0. The zero-order valence-electron chi connectivity index (χ0n) is 15.9. The molecule has 152 valence electrons. The van der Waals surface area contributed by atoms with Crippen LogP contribution < -0.4 is 9.64 Å². The van der Waals surface area contributed by atoms with Crippen molar-refractivity contribution < 1.29 is 18.7 Å². The zero-order chi connectivity index (χ0) is 20.2. The van der Waals surface area contributed by atoms with Gasteiger partial charge < -0.3 is 14.5 Å². The maximum absolute atomic E-state index is 13.1. The molecule has 0 N–H and O–H groups in total. The number of hydrogen-bond acceptors (Lipinski definition) is 5. The first kappa shape index (κ1) is 19.1. The smallest absolute Gasteiger partial charge is 0.325 e. The molecule has 29 heavy (non-hydrogen) atoms. The number of carbonyl (C=O) groups is 2. The Morgan fingerprint density at radius 2 is 1.90 bits per heavy atom. The molecular weight excluding hydrogens is 377 g/mol. The minimum Gasteiger partial charge on any atom is -0.458 e. The molecule has 2 aromatic rings. The third-order valence-corrected chi connectivity index (χ3v) is 5.10. The highest BCUT2D eigenvalue weighted by molar-refractivity contribution is 5.96. The first-order valence-electron chi connectivity index (χ1n) is 9.63. The van der Waals surface area contributed by atoms with Gasteiger partial charge in [0.05, 0.1) is 6.54 Å². The Morgan fingerprint density at radius 1 is 1.14 bits per heavy atom. The normalized spacial score (nSPS) is 19.6. The molecule has 0 bridgehead atoms. The predicted molar refractivity (Wildman–Crippen MR) is 103 cm³/mol. The summed E-state index contributed by atoms with van der Waals surface area (Å²) in [6, 6.07) is 7.55. The molecule has 0 radical (unpaired) electrons. The van der Waals surface area contributed by atoms with Gasteiger partial charge in [0.25, 0.3) is 0 Å². The molecule has 1 aromatic carbocycles. The van der Waals surface area contributed by atoms with Gasteiger partial charge in [-0.25, -0.2) is 19.2 Å². The molecule has 3 heterocycles. The second-order valence-electron chi connectivity index (χ2n) is 7.09. The molecule has 0 aliphatic carbocycles. The minimum absolute atomic E-state index is 0.0189. The third kappa shape index (κ3) is 4.44. The molecule has 3 amide bonds. The van der Waals surface area contributed by atoms with Crippen molar-refractivity contribution in [2.75, 3.05) is 37.6 Å². The first-order valence-corrected chi connectivity index (χ1v) is 9.63. The fraction of sp³-hybridized carbons (Fsp3) is 0.400. The summed E-state index contributed by atoms with van der Waals surface area (Å²) in [5.41, 5.74) is 0.626. The van der Waals surface area contributed by atoms with Crippen LogP contribution in [0.5, 0.6) is 6.01 Å². The van der Waals surface area contributed by atoms with Crippen LogP contribution in [0.2, 0.25) is 0 Å². The van der Waals surface area contributed by atoms with Gasteiger partial charge in [0.15, 0.2) is 0 Å². The molecule has 1 atom stereocenters. The highest BCUT2D eigenvalue weighted by atomic mass is 19.1. The van der Waals surface area contributed by atoms with E-state index in [1.807, 2.05) is 0 Å². The summed E-state index contributed by atoms with van der Waals surface area (Å²) in [4.78, 5) is 38.4. The molecule has 0 saturated carbocycles. The largest absolute Gasteiger partial charge is 0.458 e. The summed E-state index contributed by atoms with van der Waals surface area (Å²) in [5.74, 6) is -0.461. The average molecular weight is 399 g/mol. The predicted octanol–water partition coefficient (Wildman–Crippen LogP) is 1.93. The van der Waals surface area contributed by atoms with Crippen LogP contribution in [0.25, 0.3) is 0 Å². The number of nitrogens with zero attached hydrogens (tertiary/aromatic N) is 5. The number of benzene rings is 1. The van der Waals surface area contributed by atoms with Crippen molar-refractivity contribution in [3.8, 4) is 6.01 Å². The molecule has 9 heteroatoms. The fourth-order valence-electron chi connectivity index (χ4n) is 3.61. The third-order valence-electron chi connectivity index (χ3n) is 5.10. The summed E-state index contributed by atoms with van der Waals surface area (Å²) in [6.07, 6.45) is 4.70. The van der Waals surface area contributed by atoms with E-state index in [9.17, 15) is 14.0 Å². The maximum Gasteiger partial charge on any atom is 0.325 e. The molecule has 2 fully saturated rings. The average Bonchev–Trinajstić information content (AvgIpc) is 3.10. The Kier molecular flexibility index (Phi) is 5.55. The van der Waals surface area contributed by atoms with Gasteiger partial charge in [-0.1, -0.05) is 0 Å². The number of amides is 3. The van der Waals surface area contributed by atoms with Crippen LogP contribution in [0.3, 0.4) is 0 Å². The number of rotatable bonds is 5. The van der Waals surface area contributed by atoms with Gasteiger partial charge in [-0.15, -0.1) is 0 Å². The number of carbonyl (C=O) groups excluding carboxylic acids is 2. The molecule has 2 aliphatic rings. The van der Waals surface area contributed by atoms with Gasteiger partial charge in [0, 0.05) is 37.7 Å². The van der Waals surface area contributed by atoms with Crippen LogP contribution in [0.15, 0.2) is 42.7 Å². The van der Waals surface area contributed by atoms with E-state index in [0.717, 1.165) is 12.8 Å². The van der Waals surface area contributed by atoms with Gasteiger partial charge in [-0.05, 0) is 43.2 Å². The Bertz CT molecular complexity index is 864. The summed E-state index contributed by atoms with van der Waals surface area (Å²) >= 11 is 0. The lowest BCUT2D eigenvalue weighted by atomic mass is 10.1. The Labute approximate surface area is 167 Å². The van der Waals surface area contributed by atoms with E-state index in [0.29, 0.717) is 37.9 Å². The number of likely N-dealkylation sites (tertiary alicyclic amines) is 1. The van der Waals surface area contributed by atoms with E-state index in [2.05, 4.69) is 9.97 Å². The Balaban J connectivity index is 1.33. The van der Waals surface area contributed by atoms with Crippen LogP contribution in [0.1, 0.15) is 12.8 Å². The van der Waals surface area contributed by atoms with Gasteiger partial charge in [0.1, 0.15) is 18.5 Å². The van der Waals surface area contributed by atoms with Crippen molar-refractivity contribution in [3.05, 3.63) is 48.5 Å². The molecule has 4 rings (SSSR count). The Hall–Kier alpha value is -3.23. The van der Waals surface area contributed by atoms with Crippen molar-refractivity contribution in [1.82, 2.24) is 19.8 Å². The van der Waals surface area contributed by atoms with Gasteiger partial charge >= 0.3 is 12.0 Å². The van der Waals surface area contributed by atoms with Crippen LogP contribution in [0, 0.1) is 5.82 Å². The molecule has 8 nitrogen and oxygen atoms in total. The second kappa shape index (κ2) is 8.42. The first-order chi connectivity index (χ1) is 14.1. The Morgan fingerprint density at radius 3 is 2.66 bits per heavy atom. The van der Waals surface area contributed by atoms with Crippen molar-refractivity contribution in [3.63, 3.8) is 0 Å². The number of urea groups is 1. The molecule has 2 saturated heterocycles. The van der Waals surface area contributed by atoms with E-state index < -0.39 is 0 Å². The second-order valence-corrected chi connectivity index (χ2v) is 7.09. The maximum atomic E-state index is 13.1. The van der Waals surface area contributed by atoms with Gasteiger partial charge in [-0.2, -0.15) is 0 Å². The van der Waals surface area contributed by atoms with E-state index in [4.69, 9.17) is 4.74 Å². The molecule has 0 spiro atoms. The lowest BCUT2D eigenvalue weighted by Crippen LogP contribution is -2.48. The van der Waals surface area contributed by atoms with E-state index in [1.165, 1.54) is 17.0 Å². The van der Waals surface area contributed by atoms with Crippen LogP contribution in [0.4, 0.5) is 14.9 Å². The number of piperidine rings is 1. The quantitative estimate of drug-likeness (QED) is 0.768.